The van der Waals surface area contributed by atoms with Gasteiger partial charge >= 0.3 is 0 Å². The zero-order valence-corrected chi connectivity index (χ0v) is 9.80. The van der Waals surface area contributed by atoms with Gasteiger partial charge in [0.1, 0.15) is 0 Å². The van der Waals surface area contributed by atoms with Crippen LogP contribution < -0.4 is 5.32 Å². The maximum absolute atomic E-state index is 11.8. The molecule has 0 aromatic carbocycles. The first-order chi connectivity index (χ1) is 7.24. The third kappa shape index (κ3) is 2.64. The summed E-state index contributed by atoms with van der Waals surface area (Å²) < 4.78 is 4.99. The quantitative estimate of drug-likeness (QED) is 0.727. The molecular formula is C11H18ClNO2. The van der Waals surface area contributed by atoms with E-state index in [-0.39, 0.29) is 17.9 Å². The number of carbonyl (C=O) groups excluding carboxylic acids is 1. The van der Waals surface area contributed by atoms with Gasteiger partial charge in [0.25, 0.3) is 0 Å². The first-order valence-corrected chi connectivity index (χ1v) is 6.13. The number of ether oxygens (including phenoxy) is 1. The van der Waals surface area contributed by atoms with Crippen LogP contribution in [0.4, 0.5) is 0 Å². The summed E-state index contributed by atoms with van der Waals surface area (Å²) in [7, 11) is 1.62. The largest absolute Gasteiger partial charge is 0.383 e. The fraction of sp³-hybridized carbons (Fsp3) is 0.909. The molecule has 0 saturated heterocycles. The van der Waals surface area contributed by atoms with Crippen molar-refractivity contribution in [2.24, 2.45) is 17.8 Å². The molecule has 2 fully saturated rings. The number of alkyl halides is 1. The third-order valence-corrected chi connectivity index (χ3v) is 3.89. The molecule has 3 atom stereocenters. The van der Waals surface area contributed by atoms with Crippen LogP contribution in [0.2, 0.25) is 0 Å². The van der Waals surface area contributed by atoms with Crippen molar-refractivity contribution in [2.75, 3.05) is 19.6 Å². The fourth-order valence-corrected chi connectivity index (χ4v) is 2.74. The van der Waals surface area contributed by atoms with Gasteiger partial charge in [-0.2, -0.15) is 0 Å². The van der Waals surface area contributed by atoms with E-state index >= 15 is 0 Å². The summed E-state index contributed by atoms with van der Waals surface area (Å²) in [6.45, 7) is 0.495. The van der Waals surface area contributed by atoms with E-state index in [9.17, 15) is 4.79 Å². The SMILES string of the molecule is COCC(CCl)NC(=O)C1CC2CC2C1. The standard InChI is InChI=1S/C11H18ClNO2/c1-15-6-10(5-12)13-11(14)9-3-7-2-8(7)4-9/h7-10H,2-6H2,1H3,(H,13,14). The molecular weight excluding hydrogens is 214 g/mol. The van der Waals surface area contributed by atoms with E-state index in [2.05, 4.69) is 5.32 Å². The summed E-state index contributed by atoms with van der Waals surface area (Å²) in [6, 6.07) is -0.0407. The second-order valence-electron chi connectivity index (χ2n) is 4.74. The summed E-state index contributed by atoms with van der Waals surface area (Å²) in [5, 5.41) is 2.95. The van der Waals surface area contributed by atoms with Crippen molar-refractivity contribution in [1.29, 1.82) is 0 Å². The van der Waals surface area contributed by atoms with Crippen molar-refractivity contribution < 1.29 is 9.53 Å². The van der Waals surface area contributed by atoms with Crippen LogP contribution in [0.5, 0.6) is 0 Å². The summed E-state index contributed by atoms with van der Waals surface area (Å²) in [6.07, 6.45) is 3.51. The molecule has 0 bridgehead atoms. The number of rotatable bonds is 5. The van der Waals surface area contributed by atoms with Crippen LogP contribution in [0.1, 0.15) is 19.3 Å². The van der Waals surface area contributed by atoms with E-state index in [0.717, 1.165) is 24.7 Å². The molecule has 2 rings (SSSR count). The van der Waals surface area contributed by atoms with Crippen molar-refractivity contribution >= 4 is 17.5 Å². The molecule has 2 aliphatic carbocycles. The van der Waals surface area contributed by atoms with Crippen LogP contribution in [-0.2, 0) is 9.53 Å². The van der Waals surface area contributed by atoms with Gasteiger partial charge in [0.05, 0.1) is 12.6 Å². The summed E-state index contributed by atoms with van der Waals surface area (Å²) in [4.78, 5) is 11.8. The first kappa shape index (κ1) is 11.2. The van der Waals surface area contributed by atoms with Crippen LogP contribution in [0.25, 0.3) is 0 Å². The lowest BCUT2D eigenvalue weighted by Gasteiger charge is -2.18. The summed E-state index contributed by atoms with van der Waals surface area (Å²) >= 11 is 5.74. The predicted octanol–water partition coefficient (Wildman–Crippen LogP) is 1.40. The number of amides is 1. The Balaban J connectivity index is 1.75. The third-order valence-electron chi connectivity index (χ3n) is 3.51. The van der Waals surface area contributed by atoms with Crippen molar-refractivity contribution in [1.82, 2.24) is 5.32 Å². The van der Waals surface area contributed by atoms with Gasteiger partial charge in [-0.1, -0.05) is 0 Å². The normalized spacial score (nSPS) is 34.7. The number of fused-ring (bicyclic) bond motifs is 1. The second kappa shape index (κ2) is 4.71. The Morgan fingerprint density at radius 3 is 2.67 bits per heavy atom. The fourth-order valence-electron chi connectivity index (χ4n) is 2.57. The Morgan fingerprint density at radius 1 is 1.47 bits per heavy atom. The van der Waals surface area contributed by atoms with Gasteiger partial charge in [-0.15, -0.1) is 11.6 Å². The maximum Gasteiger partial charge on any atom is 0.223 e. The van der Waals surface area contributed by atoms with Crippen LogP contribution in [0, 0.1) is 17.8 Å². The first-order valence-electron chi connectivity index (χ1n) is 5.59. The molecule has 0 radical (unpaired) electrons. The number of hydrogen-bond acceptors (Lipinski definition) is 2. The number of halogens is 1. The number of hydrogen-bond donors (Lipinski definition) is 1. The second-order valence-corrected chi connectivity index (χ2v) is 5.05. The maximum atomic E-state index is 11.8. The van der Waals surface area contributed by atoms with Crippen LogP contribution in [0.3, 0.4) is 0 Å². The Bertz CT molecular complexity index is 237. The Labute approximate surface area is 95.5 Å². The van der Waals surface area contributed by atoms with Gasteiger partial charge in [0.15, 0.2) is 0 Å². The van der Waals surface area contributed by atoms with Gasteiger partial charge in [0.2, 0.25) is 5.91 Å². The van der Waals surface area contributed by atoms with E-state index < -0.39 is 0 Å². The topological polar surface area (TPSA) is 38.3 Å². The molecule has 3 nitrogen and oxygen atoms in total. The molecule has 0 spiro atoms. The molecule has 0 aromatic rings. The number of nitrogens with one attached hydrogen (secondary N) is 1. The van der Waals surface area contributed by atoms with Crippen LogP contribution in [0.15, 0.2) is 0 Å². The molecule has 2 saturated carbocycles. The lowest BCUT2D eigenvalue weighted by molar-refractivity contribution is -0.126. The Hall–Kier alpha value is -0.280. The predicted molar refractivity (Wildman–Crippen MR) is 58.8 cm³/mol. The van der Waals surface area contributed by atoms with E-state index in [1.54, 1.807) is 7.11 Å². The molecule has 1 amide bonds. The molecule has 3 unspecified atom stereocenters. The van der Waals surface area contributed by atoms with Crippen molar-refractivity contribution in [3.8, 4) is 0 Å². The average molecular weight is 232 g/mol. The van der Waals surface area contributed by atoms with E-state index in [1.165, 1.54) is 6.42 Å². The lowest BCUT2D eigenvalue weighted by Crippen LogP contribution is -2.42. The monoisotopic (exact) mass is 231 g/mol. The van der Waals surface area contributed by atoms with Gasteiger partial charge in [-0.25, -0.2) is 0 Å². The number of methoxy groups -OCH3 is 1. The highest BCUT2D eigenvalue weighted by molar-refractivity contribution is 6.18. The van der Waals surface area contributed by atoms with Crippen molar-refractivity contribution in [2.45, 2.75) is 25.3 Å². The highest BCUT2D eigenvalue weighted by atomic mass is 35.5. The minimum Gasteiger partial charge on any atom is -0.383 e. The minimum atomic E-state index is -0.0407. The smallest absolute Gasteiger partial charge is 0.223 e. The minimum absolute atomic E-state index is 0.0407. The summed E-state index contributed by atoms with van der Waals surface area (Å²) in [5.41, 5.74) is 0. The number of carbonyl (C=O) groups is 1. The molecule has 4 heteroatoms. The molecule has 15 heavy (non-hydrogen) atoms. The van der Waals surface area contributed by atoms with E-state index in [1.807, 2.05) is 0 Å². The van der Waals surface area contributed by atoms with E-state index in [4.69, 9.17) is 16.3 Å². The highest BCUT2D eigenvalue weighted by Crippen LogP contribution is 2.54. The van der Waals surface area contributed by atoms with Crippen molar-refractivity contribution in [3.05, 3.63) is 0 Å². The van der Waals surface area contributed by atoms with Crippen LogP contribution in [-0.4, -0.2) is 31.5 Å². The Kier molecular flexibility index (Phi) is 3.52. The van der Waals surface area contributed by atoms with Crippen LogP contribution >= 0.6 is 11.6 Å². The zero-order valence-electron chi connectivity index (χ0n) is 9.04. The Morgan fingerprint density at radius 2 is 2.13 bits per heavy atom. The van der Waals surface area contributed by atoms with E-state index in [0.29, 0.717) is 12.5 Å². The molecule has 0 aliphatic heterocycles. The molecule has 1 N–H and O–H groups in total. The highest BCUT2D eigenvalue weighted by Gasteiger charge is 2.48. The van der Waals surface area contributed by atoms with Gasteiger partial charge < -0.3 is 10.1 Å². The van der Waals surface area contributed by atoms with Gasteiger partial charge in [-0.05, 0) is 31.1 Å². The molecule has 2 aliphatic rings. The molecule has 0 heterocycles. The summed E-state index contributed by atoms with van der Waals surface area (Å²) in [5.74, 6) is 2.51. The molecule has 86 valence electrons. The zero-order chi connectivity index (χ0) is 10.8. The van der Waals surface area contributed by atoms with Gasteiger partial charge in [-0.3, -0.25) is 4.79 Å². The average Bonchev–Trinajstić information content (AvgIpc) is 2.85. The lowest BCUT2D eigenvalue weighted by atomic mass is 10.0. The van der Waals surface area contributed by atoms with Crippen molar-refractivity contribution in [3.63, 3.8) is 0 Å². The molecule has 0 aromatic heterocycles. The van der Waals surface area contributed by atoms with Gasteiger partial charge in [0, 0.05) is 18.9 Å².